The van der Waals surface area contributed by atoms with Crippen molar-refractivity contribution in [2.24, 2.45) is 0 Å². The smallest absolute Gasteiger partial charge is 0.142 e. The predicted octanol–water partition coefficient (Wildman–Crippen LogP) is 3.49. The molecule has 1 N–H and O–H groups in total. The van der Waals surface area contributed by atoms with Crippen LogP contribution >= 0.6 is 11.5 Å². The Bertz CT molecular complexity index is 617. The number of rotatable bonds is 2. The first-order valence-corrected chi connectivity index (χ1v) is 8.02. The summed E-state index contributed by atoms with van der Waals surface area (Å²) in [4.78, 5) is 0. The zero-order valence-electron chi connectivity index (χ0n) is 11.1. The first-order chi connectivity index (χ1) is 9.79. The van der Waals surface area contributed by atoms with E-state index in [2.05, 4.69) is 9.69 Å². The Morgan fingerprint density at radius 2 is 2.05 bits per heavy atom. The molecule has 2 aliphatic heterocycles. The maximum absolute atomic E-state index is 13.7. The minimum absolute atomic E-state index is 0.211. The molecule has 2 aromatic rings. The van der Waals surface area contributed by atoms with Gasteiger partial charge in [-0.05, 0) is 49.3 Å². The van der Waals surface area contributed by atoms with Gasteiger partial charge in [-0.15, -0.1) is 0 Å². The van der Waals surface area contributed by atoms with Crippen LogP contribution in [0, 0.1) is 5.82 Å². The average Bonchev–Trinajstić information content (AvgIpc) is 2.92. The predicted molar refractivity (Wildman–Crippen MR) is 77.8 cm³/mol. The molecule has 2 bridgehead atoms. The van der Waals surface area contributed by atoms with Gasteiger partial charge in [0.25, 0.3) is 0 Å². The molecule has 5 heteroatoms. The molecule has 2 saturated heterocycles. The summed E-state index contributed by atoms with van der Waals surface area (Å²) in [5.41, 5.74) is 0. The van der Waals surface area contributed by atoms with Crippen LogP contribution in [0.1, 0.15) is 32.1 Å². The first kappa shape index (κ1) is 12.5. The lowest BCUT2D eigenvalue weighted by Gasteiger charge is -2.40. The topological polar surface area (TPSA) is 34.1 Å². The van der Waals surface area contributed by atoms with Crippen LogP contribution in [0.5, 0.6) is 5.75 Å². The zero-order valence-corrected chi connectivity index (χ0v) is 12.0. The van der Waals surface area contributed by atoms with Gasteiger partial charge in [-0.1, -0.05) is 6.42 Å². The molecule has 0 radical (unpaired) electrons. The Hall–Kier alpha value is -1.20. The highest BCUT2D eigenvalue weighted by molar-refractivity contribution is 7.13. The molecule has 2 aliphatic rings. The zero-order chi connectivity index (χ0) is 13.5. The van der Waals surface area contributed by atoms with E-state index in [1.165, 1.54) is 36.9 Å². The Kier molecular flexibility index (Phi) is 3.11. The van der Waals surface area contributed by atoms with Crippen molar-refractivity contribution in [2.45, 2.75) is 50.3 Å². The maximum atomic E-state index is 13.7. The van der Waals surface area contributed by atoms with Crippen LogP contribution in [0.3, 0.4) is 0 Å². The highest BCUT2D eigenvalue weighted by Crippen LogP contribution is 2.34. The summed E-state index contributed by atoms with van der Waals surface area (Å²) >= 11 is 1.19. The van der Waals surface area contributed by atoms with Gasteiger partial charge >= 0.3 is 0 Å². The molecule has 0 saturated carbocycles. The largest absolute Gasteiger partial charge is 0.490 e. The average molecular weight is 292 g/mol. The number of hydrogen-bond acceptors (Lipinski definition) is 4. The van der Waals surface area contributed by atoms with E-state index in [0.29, 0.717) is 16.8 Å². The van der Waals surface area contributed by atoms with Gasteiger partial charge in [-0.3, -0.25) is 0 Å². The second kappa shape index (κ2) is 4.97. The summed E-state index contributed by atoms with van der Waals surface area (Å²) in [6, 6.07) is 4.40. The van der Waals surface area contributed by atoms with E-state index in [0.717, 1.165) is 24.0 Å². The lowest BCUT2D eigenvalue weighted by Crippen LogP contribution is -2.51. The maximum Gasteiger partial charge on any atom is 0.142 e. The minimum atomic E-state index is -0.211. The lowest BCUT2D eigenvalue weighted by atomic mass is 9.85. The SMILES string of the molecule is Fc1ccc(O[C@@H]2C[C@H]3CCC[C@@H](C2)N3)c2cnsc12. The van der Waals surface area contributed by atoms with Crippen LogP contribution in [0.25, 0.3) is 10.1 Å². The highest BCUT2D eigenvalue weighted by Gasteiger charge is 2.32. The summed E-state index contributed by atoms with van der Waals surface area (Å²) < 4.78 is 24.5. The summed E-state index contributed by atoms with van der Waals surface area (Å²) in [6.07, 6.45) is 7.86. The lowest BCUT2D eigenvalue weighted by molar-refractivity contribution is 0.0939. The molecular weight excluding hydrogens is 275 g/mol. The number of aromatic nitrogens is 1. The van der Waals surface area contributed by atoms with Crippen molar-refractivity contribution in [3.8, 4) is 5.75 Å². The summed E-state index contributed by atoms with van der Waals surface area (Å²) in [6.45, 7) is 0. The molecule has 0 unspecified atom stereocenters. The third kappa shape index (κ3) is 2.19. The van der Waals surface area contributed by atoms with Crippen molar-refractivity contribution >= 4 is 21.6 Å². The van der Waals surface area contributed by atoms with E-state index < -0.39 is 0 Å². The van der Waals surface area contributed by atoms with E-state index >= 15 is 0 Å². The van der Waals surface area contributed by atoms with Crippen molar-refractivity contribution in [1.29, 1.82) is 0 Å². The summed E-state index contributed by atoms with van der Waals surface area (Å²) in [5.74, 6) is 0.567. The van der Waals surface area contributed by atoms with Gasteiger partial charge < -0.3 is 10.1 Å². The molecular formula is C15H17FN2OS. The fourth-order valence-electron chi connectivity index (χ4n) is 3.49. The van der Waals surface area contributed by atoms with Crippen molar-refractivity contribution in [3.63, 3.8) is 0 Å². The minimum Gasteiger partial charge on any atom is -0.490 e. The fraction of sp³-hybridized carbons (Fsp3) is 0.533. The van der Waals surface area contributed by atoms with E-state index in [1.807, 2.05) is 0 Å². The van der Waals surface area contributed by atoms with Crippen molar-refractivity contribution in [3.05, 3.63) is 24.1 Å². The quantitative estimate of drug-likeness (QED) is 0.920. The number of benzene rings is 1. The summed E-state index contributed by atoms with van der Waals surface area (Å²) in [7, 11) is 0. The van der Waals surface area contributed by atoms with Crippen LogP contribution in [0.2, 0.25) is 0 Å². The molecule has 0 spiro atoms. The van der Waals surface area contributed by atoms with E-state index in [9.17, 15) is 4.39 Å². The van der Waals surface area contributed by atoms with Gasteiger partial charge in [-0.2, -0.15) is 4.37 Å². The molecule has 106 valence electrons. The Morgan fingerprint density at radius 1 is 1.25 bits per heavy atom. The monoisotopic (exact) mass is 292 g/mol. The van der Waals surface area contributed by atoms with E-state index in [1.54, 1.807) is 12.3 Å². The molecule has 0 amide bonds. The first-order valence-electron chi connectivity index (χ1n) is 7.25. The fourth-order valence-corrected chi connectivity index (χ4v) is 4.16. The number of fused-ring (bicyclic) bond motifs is 3. The number of nitrogens with zero attached hydrogens (tertiary/aromatic N) is 1. The molecule has 3 nitrogen and oxygen atoms in total. The second-order valence-electron chi connectivity index (χ2n) is 5.82. The number of ether oxygens (including phenoxy) is 1. The molecule has 3 heterocycles. The Balaban J connectivity index is 1.58. The molecule has 4 rings (SSSR count). The molecule has 20 heavy (non-hydrogen) atoms. The highest BCUT2D eigenvalue weighted by atomic mass is 32.1. The summed E-state index contributed by atoms with van der Waals surface area (Å²) in [5, 5.41) is 4.46. The van der Waals surface area contributed by atoms with Gasteiger partial charge in [0.05, 0.1) is 16.3 Å². The molecule has 2 fully saturated rings. The molecule has 0 aliphatic carbocycles. The Morgan fingerprint density at radius 3 is 2.85 bits per heavy atom. The van der Waals surface area contributed by atoms with Crippen LogP contribution < -0.4 is 10.1 Å². The number of piperidine rings is 2. The standard InChI is InChI=1S/C15H17FN2OS/c16-13-4-5-14(12-8-17-20-15(12)13)19-11-6-9-2-1-3-10(7-11)18-9/h4-5,8-11,18H,1-3,6-7H2/t9-,10+,11-. The number of hydrogen-bond donors (Lipinski definition) is 1. The van der Waals surface area contributed by atoms with Gasteiger partial charge in [0.1, 0.15) is 17.7 Å². The van der Waals surface area contributed by atoms with Crippen LogP contribution in [0.4, 0.5) is 4.39 Å². The normalized spacial score (nSPS) is 29.6. The molecule has 1 aromatic heterocycles. The van der Waals surface area contributed by atoms with E-state index in [4.69, 9.17) is 4.74 Å². The Labute approximate surface area is 121 Å². The third-order valence-electron chi connectivity index (χ3n) is 4.40. The van der Waals surface area contributed by atoms with Gasteiger partial charge in [-0.25, -0.2) is 4.39 Å². The third-order valence-corrected chi connectivity index (χ3v) is 5.21. The van der Waals surface area contributed by atoms with Gasteiger partial charge in [0, 0.05) is 12.1 Å². The second-order valence-corrected chi connectivity index (χ2v) is 6.62. The van der Waals surface area contributed by atoms with Crippen LogP contribution in [-0.4, -0.2) is 22.6 Å². The van der Waals surface area contributed by atoms with Crippen LogP contribution in [0.15, 0.2) is 18.3 Å². The molecule has 3 atom stereocenters. The van der Waals surface area contributed by atoms with Crippen molar-refractivity contribution < 1.29 is 9.13 Å². The number of halogens is 1. The number of nitrogens with one attached hydrogen (secondary N) is 1. The van der Waals surface area contributed by atoms with Gasteiger partial charge in [0.2, 0.25) is 0 Å². The van der Waals surface area contributed by atoms with Gasteiger partial charge in [0.15, 0.2) is 0 Å². The van der Waals surface area contributed by atoms with Crippen molar-refractivity contribution in [1.82, 2.24) is 9.69 Å². The molecule has 1 aromatic carbocycles. The van der Waals surface area contributed by atoms with E-state index in [-0.39, 0.29) is 11.9 Å². The van der Waals surface area contributed by atoms with Crippen molar-refractivity contribution in [2.75, 3.05) is 0 Å². The van der Waals surface area contributed by atoms with Crippen LogP contribution in [-0.2, 0) is 0 Å².